The molecule has 242 valence electrons. The number of hydrogen-bond donors (Lipinski definition) is 7. The molecule has 0 unspecified atom stereocenters. The van der Waals surface area contributed by atoms with Crippen LogP contribution in [0.1, 0.15) is 36.8 Å². The molecular formula is C31H42N8O6. The zero-order valence-electron chi connectivity index (χ0n) is 25.1. The van der Waals surface area contributed by atoms with Crippen molar-refractivity contribution >= 4 is 35.6 Å². The summed E-state index contributed by atoms with van der Waals surface area (Å²) in [4.78, 5) is 69.6. The van der Waals surface area contributed by atoms with Crippen molar-refractivity contribution in [2.75, 3.05) is 19.6 Å². The fourth-order valence-electron chi connectivity index (χ4n) is 5.03. The Labute approximate surface area is 261 Å². The van der Waals surface area contributed by atoms with Gasteiger partial charge < -0.3 is 43.2 Å². The second-order valence-electron chi connectivity index (χ2n) is 10.9. The standard InChI is InChI=1S/C31H42N8O6/c32-22(13-7-15-35-31(33)34)27(41)36-19-26(40)39-16-8-14-25(39)29(43)37-23(17-20-9-3-1-4-10-20)28(42)38-24(30(44)45)18-21-11-5-2-6-12-21/h1-6,9-12,22-25H,7-8,13-19,32H2,(H,36,41)(H,37,43)(H,38,42)(H,44,45)(H4,33,34,35)/t22-,23-,24-,25-/m0/s1. The molecule has 0 spiro atoms. The Balaban J connectivity index is 1.63. The summed E-state index contributed by atoms with van der Waals surface area (Å²) in [6.45, 7) is 0.267. The number of carboxylic acid groups (broad SMARTS) is 1. The maximum atomic E-state index is 13.5. The van der Waals surface area contributed by atoms with Crippen molar-refractivity contribution in [2.45, 2.75) is 62.7 Å². The first-order valence-corrected chi connectivity index (χ1v) is 14.8. The van der Waals surface area contributed by atoms with E-state index < -0.39 is 53.8 Å². The van der Waals surface area contributed by atoms with Crippen LogP contribution in [0.3, 0.4) is 0 Å². The van der Waals surface area contributed by atoms with E-state index in [4.69, 9.17) is 17.2 Å². The first-order valence-electron chi connectivity index (χ1n) is 14.8. The summed E-state index contributed by atoms with van der Waals surface area (Å²) in [6, 6.07) is 13.8. The number of nitrogens with one attached hydrogen (secondary N) is 3. The molecule has 0 bridgehead atoms. The number of aliphatic imine (C=N–C) groups is 1. The van der Waals surface area contributed by atoms with E-state index in [1.807, 2.05) is 12.1 Å². The number of nitrogens with zero attached hydrogens (tertiary/aromatic N) is 2. The second kappa shape index (κ2) is 17.3. The summed E-state index contributed by atoms with van der Waals surface area (Å²) in [5, 5.41) is 17.6. The van der Waals surface area contributed by atoms with Crippen LogP contribution in [0.25, 0.3) is 0 Å². The number of carboxylic acids is 1. The summed E-state index contributed by atoms with van der Waals surface area (Å²) in [5.41, 5.74) is 17.9. The number of hydrogen-bond acceptors (Lipinski definition) is 7. The van der Waals surface area contributed by atoms with Gasteiger partial charge in [0, 0.05) is 25.9 Å². The Bertz CT molecular complexity index is 1340. The molecule has 0 aromatic heterocycles. The first kappa shape index (κ1) is 34.5. The van der Waals surface area contributed by atoms with Crippen molar-refractivity contribution in [3.8, 4) is 0 Å². The highest BCUT2D eigenvalue weighted by atomic mass is 16.4. The summed E-state index contributed by atoms with van der Waals surface area (Å²) in [7, 11) is 0. The van der Waals surface area contributed by atoms with E-state index in [9.17, 15) is 29.1 Å². The molecule has 2 aromatic carbocycles. The minimum atomic E-state index is -1.22. The van der Waals surface area contributed by atoms with Crippen molar-refractivity contribution in [3.05, 3.63) is 71.8 Å². The van der Waals surface area contributed by atoms with Crippen LogP contribution in [0.15, 0.2) is 65.7 Å². The van der Waals surface area contributed by atoms with Gasteiger partial charge in [-0.25, -0.2) is 4.79 Å². The van der Waals surface area contributed by atoms with Crippen LogP contribution in [-0.4, -0.2) is 89.4 Å². The average Bonchev–Trinajstić information content (AvgIpc) is 3.52. The van der Waals surface area contributed by atoms with Crippen molar-refractivity contribution in [1.29, 1.82) is 0 Å². The van der Waals surface area contributed by atoms with E-state index in [1.165, 1.54) is 4.90 Å². The van der Waals surface area contributed by atoms with Gasteiger partial charge in [0.05, 0.1) is 12.6 Å². The molecule has 1 heterocycles. The Hall–Kier alpha value is -4.98. The Morgan fingerprint density at radius 2 is 1.49 bits per heavy atom. The number of carbonyl (C=O) groups is 5. The number of rotatable bonds is 16. The smallest absolute Gasteiger partial charge is 0.326 e. The predicted molar refractivity (Wildman–Crippen MR) is 167 cm³/mol. The van der Waals surface area contributed by atoms with Crippen molar-refractivity contribution in [2.24, 2.45) is 22.2 Å². The fraction of sp³-hybridized carbons (Fsp3) is 0.419. The Kier molecular flexibility index (Phi) is 13.3. The van der Waals surface area contributed by atoms with Crippen LogP contribution < -0.4 is 33.2 Å². The molecule has 0 radical (unpaired) electrons. The van der Waals surface area contributed by atoms with E-state index in [2.05, 4.69) is 20.9 Å². The van der Waals surface area contributed by atoms with Crippen LogP contribution >= 0.6 is 0 Å². The van der Waals surface area contributed by atoms with Gasteiger partial charge in [0.2, 0.25) is 23.6 Å². The quantitative estimate of drug-likeness (QED) is 0.0691. The summed E-state index contributed by atoms with van der Waals surface area (Å²) in [5.74, 6) is -3.45. The first-order chi connectivity index (χ1) is 21.5. The molecule has 3 rings (SSSR count). The second-order valence-corrected chi connectivity index (χ2v) is 10.9. The number of nitrogens with two attached hydrogens (primary N) is 3. The summed E-state index contributed by atoms with van der Waals surface area (Å²) in [6.07, 6.45) is 1.87. The number of benzene rings is 2. The summed E-state index contributed by atoms with van der Waals surface area (Å²) < 4.78 is 0. The minimum absolute atomic E-state index is 0.0534. The average molecular weight is 623 g/mol. The largest absolute Gasteiger partial charge is 0.480 e. The maximum Gasteiger partial charge on any atom is 0.326 e. The molecule has 0 aliphatic carbocycles. The lowest BCUT2D eigenvalue weighted by molar-refractivity contribution is -0.142. The van der Waals surface area contributed by atoms with Gasteiger partial charge in [-0.1, -0.05) is 60.7 Å². The molecule has 1 saturated heterocycles. The number of carbonyl (C=O) groups excluding carboxylic acids is 4. The third kappa shape index (κ3) is 11.2. The zero-order chi connectivity index (χ0) is 32.8. The van der Waals surface area contributed by atoms with E-state index in [0.29, 0.717) is 38.8 Å². The van der Waals surface area contributed by atoms with Crippen LogP contribution in [-0.2, 0) is 36.8 Å². The molecule has 45 heavy (non-hydrogen) atoms. The molecule has 10 N–H and O–H groups in total. The van der Waals surface area contributed by atoms with E-state index in [0.717, 1.165) is 11.1 Å². The lowest BCUT2D eigenvalue weighted by Gasteiger charge is -2.27. The molecule has 1 fully saturated rings. The molecule has 14 heteroatoms. The van der Waals surface area contributed by atoms with Gasteiger partial charge in [-0.3, -0.25) is 24.2 Å². The molecule has 1 aliphatic heterocycles. The van der Waals surface area contributed by atoms with E-state index in [-0.39, 0.29) is 25.3 Å². The zero-order valence-corrected chi connectivity index (χ0v) is 25.1. The van der Waals surface area contributed by atoms with Crippen molar-refractivity contribution < 1.29 is 29.1 Å². The highest BCUT2D eigenvalue weighted by molar-refractivity contribution is 5.95. The molecule has 1 aliphatic rings. The molecule has 0 saturated carbocycles. The molecule has 4 amide bonds. The highest BCUT2D eigenvalue weighted by Crippen LogP contribution is 2.18. The topological polar surface area (TPSA) is 235 Å². The van der Waals surface area contributed by atoms with Gasteiger partial charge in [-0.15, -0.1) is 0 Å². The monoisotopic (exact) mass is 622 g/mol. The Morgan fingerprint density at radius 1 is 0.889 bits per heavy atom. The lowest BCUT2D eigenvalue weighted by atomic mass is 10.0. The van der Waals surface area contributed by atoms with E-state index in [1.54, 1.807) is 48.5 Å². The highest BCUT2D eigenvalue weighted by Gasteiger charge is 2.36. The Morgan fingerprint density at radius 3 is 2.07 bits per heavy atom. The summed E-state index contributed by atoms with van der Waals surface area (Å²) >= 11 is 0. The number of likely N-dealkylation sites (tertiary alicyclic amines) is 1. The fourth-order valence-corrected chi connectivity index (χ4v) is 5.03. The lowest BCUT2D eigenvalue weighted by Crippen LogP contribution is -2.57. The van der Waals surface area contributed by atoms with Gasteiger partial charge in [0.25, 0.3) is 0 Å². The van der Waals surface area contributed by atoms with E-state index >= 15 is 0 Å². The van der Waals surface area contributed by atoms with Crippen molar-refractivity contribution in [1.82, 2.24) is 20.9 Å². The van der Waals surface area contributed by atoms with Gasteiger partial charge in [0.1, 0.15) is 18.1 Å². The molecule has 4 atom stereocenters. The third-order valence-electron chi connectivity index (χ3n) is 7.41. The number of guanidine groups is 1. The molecule has 14 nitrogen and oxygen atoms in total. The number of amides is 4. The van der Waals surface area contributed by atoms with Crippen LogP contribution in [0.2, 0.25) is 0 Å². The van der Waals surface area contributed by atoms with Crippen molar-refractivity contribution in [3.63, 3.8) is 0 Å². The van der Waals surface area contributed by atoms with Gasteiger partial charge in [-0.05, 0) is 36.8 Å². The normalized spacial score (nSPS) is 16.1. The third-order valence-corrected chi connectivity index (χ3v) is 7.41. The van der Waals surface area contributed by atoms with Crippen LogP contribution in [0.4, 0.5) is 0 Å². The molecule has 2 aromatic rings. The predicted octanol–water partition coefficient (Wildman–Crippen LogP) is -0.986. The van der Waals surface area contributed by atoms with Gasteiger partial charge in [0.15, 0.2) is 5.96 Å². The van der Waals surface area contributed by atoms with Crippen LogP contribution in [0, 0.1) is 0 Å². The number of aliphatic carboxylic acids is 1. The SMILES string of the molecule is NC(N)=NCCC[C@H](N)C(=O)NCC(=O)N1CCC[C@H]1C(=O)N[C@@H](Cc1ccccc1)C(=O)N[C@@H](Cc1ccccc1)C(=O)O. The van der Waals surface area contributed by atoms with Crippen LogP contribution in [0.5, 0.6) is 0 Å². The van der Waals surface area contributed by atoms with Gasteiger partial charge in [-0.2, -0.15) is 0 Å². The maximum absolute atomic E-state index is 13.5. The van der Waals surface area contributed by atoms with Gasteiger partial charge >= 0.3 is 5.97 Å². The minimum Gasteiger partial charge on any atom is -0.480 e. The molecular weight excluding hydrogens is 580 g/mol.